The van der Waals surface area contributed by atoms with Gasteiger partial charge in [-0.25, -0.2) is 0 Å². The molecule has 100 valence electrons. The molecule has 0 saturated heterocycles. The van der Waals surface area contributed by atoms with Crippen LogP contribution in [0, 0.1) is 0 Å². The molecular weight excluding hydrogens is 248 g/mol. The SMILES string of the molecule is NCCc1ccc(Oc2cccc3cccnc23)cc1. The molecule has 0 saturated carbocycles. The van der Waals surface area contributed by atoms with Crippen LogP contribution in [0.2, 0.25) is 0 Å². The molecular formula is C17H16N2O. The summed E-state index contributed by atoms with van der Waals surface area (Å²) in [4.78, 5) is 4.38. The first-order chi connectivity index (χ1) is 9.86. The van der Waals surface area contributed by atoms with Gasteiger partial charge in [-0.1, -0.05) is 30.3 Å². The van der Waals surface area contributed by atoms with Gasteiger partial charge >= 0.3 is 0 Å². The van der Waals surface area contributed by atoms with Crippen LogP contribution in [0.5, 0.6) is 11.5 Å². The first-order valence-electron chi connectivity index (χ1n) is 6.67. The predicted molar refractivity (Wildman–Crippen MR) is 81.0 cm³/mol. The molecule has 0 spiro atoms. The fourth-order valence-electron chi connectivity index (χ4n) is 2.18. The second kappa shape index (κ2) is 5.72. The summed E-state index contributed by atoms with van der Waals surface area (Å²) in [6.07, 6.45) is 2.66. The van der Waals surface area contributed by atoms with Crippen LogP contribution in [-0.2, 0) is 6.42 Å². The lowest BCUT2D eigenvalue weighted by Gasteiger charge is -2.08. The number of aromatic nitrogens is 1. The molecule has 1 heterocycles. The average Bonchev–Trinajstić information content (AvgIpc) is 2.50. The van der Waals surface area contributed by atoms with Crippen LogP contribution in [-0.4, -0.2) is 11.5 Å². The quantitative estimate of drug-likeness (QED) is 0.784. The maximum Gasteiger partial charge on any atom is 0.153 e. The van der Waals surface area contributed by atoms with Crippen LogP contribution in [0.4, 0.5) is 0 Å². The predicted octanol–water partition coefficient (Wildman–Crippen LogP) is 3.53. The number of nitrogens with two attached hydrogens (primary N) is 1. The van der Waals surface area contributed by atoms with E-state index in [1.54, 1.807) is 6.20 Å². The third kappa shape index (κ3) is 2.63. The van der Waals surface area contributed by atoms with Gasteiger partial charge in [-0.3, -0.25) is 4.98 Å². The van der Waals surface area contributed by atoms with Gasteiger partial charge in [0.25, 0.3) is 0 Å². The lowest BCUT2D eigenvalue weighted by molar-refractivity contribution is 0.487. The van der Waals surface area contributed by atoms with Crippen molar-refractivity contribution in [1.82, 2.24) is 4.98 Å². The molecule has 3 rings (SSSR count). The van der Waals surface area contributed by atoms with Gasteiger partial charge in [0.05, 0.1) is 0 Å². The molecule has 0 atom stereocenters. The van der Waals surface area contributed by atoms with Gasteiger partial charge in [0.1, 0.15) is 11.3 Å². The van der Waals surface area contributed by atoms with Gasteiger partial charge in [0.2, 0.25) is 0 Å². The zero-order chi connectivity index (χ0) is 13.8. The van der Waals surface area contributed by atoms with Crippen molar-refractivity contribution in [1.29, 1.82) is 0 Å². The molecule has 2 aromatic carbocycles. The minimum absolute atomic E-state index is 0.660. The lowest BCUT2D eigenvalue weighted by Crippen LogP contribution is -2.02. The van der Waals surface area contributed by atoms with Gasteiger partial charge in [-0.05, 0) is 42.8 Å². The monoisotopic (exact) mass is 264 g/mol. The molecule has 0 aliphatic rings. The zero-order valence-electron chi connectivity index (χ0n) is 11.1. The molecule has 20 heavy (non-hydrogen) atoms. The minimum atomic E-state index is 0.660. The Morgan fingerprint density at radius 2 is 1.75 bits per heavy atom. The first kappa shape index (κ1) is 12.6. The number of benzene rings is 2. The summed E-state index contributed by atoms with van der Waals surface area (Å²) in [6, 6.07) is 17.9. The van der Waals surface area contributed by atoms with E-state index in [0.29, 0.717) is 6.54 Å². The van der Waals surface area contributed by atoms with E-state index in [1.807, 2.05) is 54.6 Å². The molecule has 3 nitrogen and oxygen atoms in total. The number of nitrogens with zero attached hydrogens (tertiary/aromatic N) is 1. The maximum atomic E-state index is 5.93. The maximum absolute atomic E-state index is 5.93. The highest BCUT2D eigenvalue weighted by Crippen LogP contribution is 2.28. The normalized spacial score (nSPS) is 10.7. The van der Waals surface area contributed by atoms with E-state index in [2.05, 4.69) is 4.98 Å². The van der Waals surface area contributed by atoms with E-state index >= 15 is 0 Å². The summed E-state index contributed by atoms with van der Waals surface area (Å²) in [5.74, 6) is 1.58. The number of para-hydroxylation sites is 1. The third-order valence-electron chi connectivity index (χ3n) is 3.18. The number of rotatable bonds is 4. The van der Waals surface area contributed by atoms with Crippen molar-refractivity contribution in [2.24, 2.45) is 5.73 Å². The van der Waals surface area contributed by atoms with Crippen LogP contribution in [0.15, 0.2) is 60.8 Å². The molecule has 0 fully saturated rings. The van der Waals surface area contributed by atoms with Crippen molar-refractivity contribution in [3.63, 3.8) is 0 Å². The van der Waals surface area contributed by atoms with Gasteiger partial charge in [0.15, 0.2) is 5.75 Å². The molecule has 0 amide bonds. The number of pyridine rings is 1. The number of ether oxygens (including phenoxy) is 1. The summed E-state index contributed by atoms with van der Waals surface area (Å²) in [7, 11) is 0. The standard InChI is InChI=1S/C17H16N2O/c18-11-10-13-6-8-15(9-7-13)20-16-5-1-3-14-4-2-12-19-17(14)16/h1-9,12H,10-11,18H2. The van der Waals surface area contributed by atoms with E-state index in [9.17, 15) is 0 Å². The fourth-order valence-corrected chi connectivity index (χ4v) is 2.18. The van der Waals surface area contributed by atoms with Gasteiger partial charge < -0.3 is 10.5 Å². The van der Waals surface area contributed by atoms with Crippen LogP contribution in [0.1, 0.15) is 5.56 Å². The third-order valence-corrected chi connectivity index (χ3v) is 3.18. The molecule has 0 radical (unpaired) electrons. The van der Waals surface area contributed by atoms with E-state index in [4.69, 9.17) is 10.5 Å². The van der Waals surface area contributed by atoms with Crippen LogP contribution in [0.25, 0.3) is 10.9 Å². The largest absolute Gasteiger partial charge is 0.455 e. The molecule has 0 bridgehead atoms. The summed E-state index contributed by atoms with van der Waals surface area (Å²) in [5, 5.41) is 1.07. The van der Waals surface area contributed by atoms with Crippen LogP contribution < -0.4 is 10.5 Å². The minimum Gasteiger partial charge on any atom is -0.455 e. The molecule has 0 aliphatic heterocycles. The Labute approximate surface area is 118 Å². The highest BCUT2D eigenvalue weighted by Gasteiger charge is 2.04. The summed E-state index contributed by atoms with van der Waals surface area (Å²) in [6.45, 7) is 0.660. The van der Waals surface area contributed by atoms with Crippen LogP contribution in [0.3, 0.4) is 0 Å². The van der Waals surface area contributed by atoms with E-state index in [0.717, 1.165) is 28.8 Å². The summed E-state index contributed by atoms with van der Waals surface area (Å²) >= 11 is 0. The smallest absolute Gasteiger partial charge is 0.153 e. The molecule has 1 aromatic heterocycles. The Balaban J connectivity index is 1.89. The van der Waals surface area contributed by atoms with Crippen LogP contribution >= 0.6 is 0 Å². The number of hydrogen-bond donors (Lipinski definition) is 1. The van der Waals surface area contributed by atoms with E-state index in [1.165, 1.54) is 5.56 Å². The molecule has 3 heteroatoms. The summed E-state index contributed by atoms with van der Waals surface area (Å²) < 4.78 is 5.93. The van der Waals surface area contributed by atoms with Crippen molar-refractivity contribution in [3.05, 3.63) is 66.4 Å². The van der Waals surface area contributed by atoms with E-state index < -0.39 is 0 Å². The van der Waals surface area contributed by atoms with E-state index in [-0.39, 0.29) is 0 Å². The number of hydrogen-bond acceptors (Lipinski definition) is 3. The average molecular weight is 264 g/mol. The molecule has 2 N–H and O–H groups in total. The van der Waals surface area contributed by atoms with Crippen molar-refractivity contribution in [2.45, 2.75) is 6.42 Å². The second-order valence-electron chi connectivity index (χ2n) is 4.62. The van der Waals surface area contributed by atoms with Gasteiger partial charge in [-0.2, -0.15) is 0 Å². The highest BCUT2D eigenvalue weighted by atomic mass is 16.5. The molecule has 0 unspecified atom stereocenters. The summed E-state index contributed by atoms with van der Waals surface area (Å²) in [5.41, 5.74) is 7.64. The first-order valence-corrected chi connectivity index (χ1v) is 6.67. The zero-order valence-corrected chi connectivity index (χ0v) is 11.1. The van der Waals surface area contributed by atoms with Crippen molar-refractivity contribution >= 4 is 10.9 Å². The Kier molecular flexibility index (Phi) is 3.61. The lowest BCUT2D eigenvalue weighted by atomic mass is 10.1. The van der Waals surface area contributed by atoms with Crippen molar-refractivity contribution in [3.8, 4) is 11.5 Å². The van der Waals surface area contributed by atoms with Gasteiger partial charge in [-0.15, -0.1) is 0 Å². The van der Waals surface area contributed by atoms with Crippen molar-refractivity contribution in [2.75, 3.05) is 6.54 Å². The van der Waals surface area contributed by atoms with Gasteiger partial charge in [0, 0.05) is 11.6 Å². The second-order valence-corrected chi connectivity index (χ2v) is 4.62. The molecule has 0 aliphatic carbocycles. The Morgan fingerprint density at radius 3 is 2.55 bits per heavy atom. The highest BCUT2D eigenvalue weighted by molar-refractivity contribution is 5.84. The Hall–Kier alpha value is -2.39. The van der Waals surface area contributed by atoms with Crippen molar-refractivity contribution < 1.29 is 4.74 Å². The number of fused-ring (bicyclic) bond motifs is 1. The Morgan fingerprint density at radius 1 is 0.950 bits per heavy atom. The Bertz CT molecular complexity index is 702. The fraction of sp³-hybridized carbons (Fsp3) is 0.118. The molecule has 3 aromatic rings. The topological polar surface area (TPSA) is 48.1 Å².